The molecule has 0 saturated carbocycles. The minimum Gasteiger partial charge on any atom is -0.392 e. The molecule has 2 N–H and O–H groups in total. The van der Waals surface area contributed by atoms with E-state index >= 15 is 0 Å². The molecular weight excluding hydrogens is 418 g/mol. The molecule has 2 aliphatic heterocycles. The van der Waals surface area contributed by atoms with E-state index in [0.29, 0.717) is 0 Å². The van der Waals surface area contributed by atoms with Crippen LogP contribution in [0.2, 0.25) is 0 Å². The topological polar surface area (TPSA) is 41.5 Å². The first kappa shape index (κ1) is 21.3. The Kier molecular flexibility index (Phi) is 5.76. The van der Waals surface area contributed by atoms with Crippen LogP contribution in [0.5, 0.6) is 0 Å². The van der Waals surface area contributed by atoms with Crippen LogP contribution in [-0.2, 0) is 4.74 Å². The fourth-order valence-corrected chi connectivity index (χ4v) is 5.96. The lowest BCUT2D eigenvalue weighted by molar-refractivity contribution is -0.215. The fraction of sp³-hybridized carbons (Fsp3) is 0.226. The molecule has 0 spiro atoms. The van der Waals surface area contributed by atoms with Crippen molar-refractivity contribution in [2.45, 2.75) is 30.4 Å². The van der Waals surface area contributed by atoms with Gasteiger partial charge in [-0.05, 0) is 22.3 Å². The van der Waals surface area contributed by atoms with Crippen molar-refractivity contribution in [3.05, 3.63) is 144 Å². The van der Waals surface area contributed by atoms with E-state index in [9.17, 15) is 5.11 Å². The van der Waals surface area contributed by atoms with E-state index < -0.39 is 6.10 Å². The third kappa shape index (κ3) is 3.76. The highest BCUT2D eigenvalue weighted by Gasteiger charge is 2.56. The molecule has 170 valence electrons. The summed E-state index contributed by atoms with van der Waals surface area (Å²) in [6, 6.07) is 41.6. The van der Waals surface area contributed by atoms with E-state index in [1.54, 1.807) is 0 Å². The molecular formula is C31H29NO2. The molecule has 2 saturated heterocycles. The van der Waals surface area contributed by atoms with E-state index in [-0.39, 0.29) is 36.1 Å². The van der Waals surface area contributed by atoms with Crippen LogP contribution in [0.25, 0.3) is 0 Å². The monoisotopic (exact) mass is 447 g/mol. The van der Waals surface area contributed by atoms with Gasteiger partial charge in [-0.2, -0.15) is 0 Å². The Balaban J connectivity index is 1.51. The fourth-order valence-electron chi connectivity index (χ4n) is 5.96. The third-order valence-electron chi connectivity index (χ3n) is 7.48. The predicted octanol–water partition coefficient (Wildman–Crippen LogP) is 6.18. The van der Waals surface area contributed by atoms with Crippen molar-refractivity contribution in [2.75, 3.05) is 0 Å². The van der Waals surface area contributed by atoms with Gasteiger partial charge in [-0.1, -0.05) is 121 Å². The van der Waals surface area contributed by atoms with Crippen molar-refractivity contribution < 1.29 is 9.84 Å². The Morgan fingerprint density at radius 1 is 0.471 bits per heavy atom. The SMILES string of the molecule is OC1C2C(c3ccccc3)NC(c3ccccc3)C1C(c1ccccc1)OC2c1ccccc1. The van der Waals surface area contributed by atoms with E-state index in [4.69, 9.17) is 4.74 Å². The summed E-state index contributed by atoms with van der Waals surface area (Å²) in [6.45, 7) is 0. The maximum absolute atomic E-state index is 12.1. The van der Waals surface area contributed by atoms with Crippen molar-refractivity contribution in [2.24, 2.45) is 11.8 Å². The van der Waals surface area contributed by atoms with Crippen LogP contribution in [0.3, 0.4) is 0 Å². The largest absolute Gasteiger partial charge is 0.392 e. The molecule has 6 atom stereocenters. The Labute approximate surface area is 201 Å². The van der Waals surface area contributed by atoms with Crippen LogP contribution in [-0.4, -0.2) is 11.2 Å². The molecule has 6 unspecified atom stereocenters. The van der Waals surface area contributed by atoms with Gasteiger partial charge in [-0.25, -0.2) is 0 Å². The van der Waals surface area contributed by atoms with Gasteiger partial charge in [0.15, 0.2) is 0 Å². The first-order chi connectivity index (χ1) is 16.8. The third-order valence-corrected chi connectivity index (χ3v) is 7.48. The lowest BCUT2D eigenvalue weighted by Gasteiger charge is -2.55. The van der Waals surface area contributed by atoms with Crippen LogP contribution in [0.15, 0.2) is 121 Å². The standard InChI is InChI=1S/C31H29NO2/c33-29-25-27(21-13-5-1-6-14-21)32-28(22-15-7-2-8-16-22)26(29)31(24-19-11-4-12-20-24)34-30(25)23-17-9-3-10-18-23/h1-20,25-33H. The Hall–Kier alpha value is -3.24. The second-order valence-corrected chi connectivity index (χ2v) is 9.39. The zero-order valence-electron chi connectivity index (χ0n) is 18.9. The first-order valence-electron chi connectivity index (χ1n) is 12.1. The molecule has 0 aliphatic carbocycles. The zero-order valence-corrected chi connectivity index (χ0v) is 18.9. The normalized spacial score (nSPS) is 30.6. The number of aliphatic hydroxyl groups excluding tert-OH is 1. The molecule has 4 aromatic rings. The Morgan fingerprint density at radius 3 is 1.15 bits per heavy atom. The minimum absolute atomic E-state index is 0.0421. The molecule has 2 heterocycles. The van der Waals surface area contributed by atoms with E-state index in [2.05, 4.69) is 102 Å². The van der Waals surface area contributed by atoms with Crippen molar-refractivity contribution >= 4 is 0 Å². The van der Waals surface area contributed by atoms with Gasteiger partial charge < -0.3 is 15.2 Å². The van der Waals surface area contributed by atoms with Crippen LogP contribution in [0.1, 0.15) is 46.5 Å². The van der Waals surface area contributed by atoms with Crippen LogP contribution in [0, 0.1) is 11.8 Å². The molecule has 3 nitrogen and oxygen atoms in total. The highest BCUT2D eigenvalue weighted by atomic mass is 16.5. The number of fused-ring (bicyclic) bond motifs is 2. The minimum atomic E-state index is -0.541. The summed E-state index contributed by atoms with van der Waals surface area (Å²) in [5.74, 6) is -0.232. The molecule has 0 amide bonds. The molecule has 2 bridgehead atoms. The number of benzene rings is 4. The van der Waals surface area contributed by atoms with Gasteiger partial charge in [-0.15, -0.1) is 0 Å². The van der Waals surface area contributed by atoms with Gasteiger partial charge in [0.25, 0.3) is 0 Å². The van der Waals surface area contributed by atoms with Crippen LogP contribution >= 0.6 is 0 Å². The smallest absolute Gasteiger partial charge is 0.0904 e. The number of hydrogen-bond donors (Lipinski definition) is 2. The first-order valence-corrected chi connectivity index (χ1v) is 12.1. The molecule has 4 aromatic carbocycles. The summed E-state index contributed by atoms with van der Waals surface area (Å²) in [5.41, 5.74) is 4.56. The van der Waals surface area contributed by atoms with Crippen LogP contribution in [0.4, 0.5) is 0 Å². The Bertz CT molecular complexity index is 1010. The molecule has 6 rings (SSSR count). The average Bonchev–Trinajstić information content (AvgIpc) is 2.91. The molecule has 3 heteroatoms. The van der Waals surface area contributed by atoms with Gasteiger partial charge in [0.2, 0.25) is 0 Å². The molecule has 2 aliphatic rings. The molecule has 2 fully saturated rings. The van der Waals surface area contributed by atoms with Gasteiger partial charge in [-0.3, -0.25) is 0 Å². The molecule has 34 heavy (non-hydrogen) atoms. The molecule has 0 radical (unpaired) electrons. The maximum Gasteiger partial charge on any atom is 0.0904 e. The highest BCUT2D eigenvalue weighted by Crippen LogP contribution is 2.56. The number of hydrogen-bond acceptors (Lipinski definition) is 3. The van der Waals surface area contributed by atoms with E-state index in [1.807, 2.05) is 24.3 Å². The lowest BCUT2D eigenvalue weighted by Crippen LogP contribution is -2.58. The number of ether oxygens (including phenoxy) is 1. The van der Waals surface area contributed by atoms with Gasteiger partial charge in [0.1, 0.15) is 0 Å². The number of piperidine rings is 1. The van der Waals surface area contributed by atoms with E-state index in [1.165, 1.54) is 11.1 Å². The van der Waals surface area contributed by atoms with Gasteiger partial charge in [0, 0.05) is 23.9 Å². The van der Waals surface area contributed by atoms with Crippen molar-refractivity contribution in [1.82, 2.24) is 5.32 Å². The number of aliphatic hydroxyl groups is 1. The highest BCUT2D eigenvalue weighted by molar-refractivity contribution is 5.33. The maximum atomic E-state index is 12.1. The molecule has 0 aromatic heterocycles. The van der Waals surface area contributed by atoms with E-state index in [0.717, 1.165) is 11.1 Å². The summed E-state index contributed by atoms with van der Waals surface area (Å²) in [5, 5.41) is 16.1. The quantitative estimate of drug-likeness (QED) is 0.393. The summed E-state index contributed by atoms with van der Waals surface area (Å²) in [6.07, 6.45) is -1.00. The summed E-state index contributed by atoms with van der Waals surface area (Å²) in [7, 11) is 0. The zero-order chi connectivity index (χ0) is 22.9. The summed E-state index contributed by atoms with van der Waals surface area (Å²) in [4.78, 5) is 0. The number of rotatable bonds is 4. The number of nitrogens with one attached hydrogen (secondary N) is 1. The second-order valence-electron chi connectivity index (χ2n) is 9.39. The second kappa shape index (κ2) is 9.19. The van der Waals surface area contributed by atoms with Gasteiger partial charge >= 0.3 is 0 Å². The van der Waals surface area contributed by atoms with Crippen LogP contribution < -0.4 is 5.32 Å². The Morgan fingerprint density at radius 2 is 0.794 bits per heavy atom. The van der Waals surface area contributed by atoms with Crippen molar-refractivity contribution in [1.29, 1.82) is 0 Å². The average molecular weight is 448 g/mol. The van der Waals surface area contributed by atoms with Gasteiger partial charge in [0.05, 0.1) is 18.3 Å². The lowest BCUT2D eigenvalue weighted by atomic mass is 9.65. The van der Waals surface area contributed by atoms with Crippen molar-refractivity contribution in [3.8, 4) is 0 Å². The van der Waals surface area contributed by atoms with Crippen molar-refractivity contribution in [3.63, 3.8) is 0 Å². The summed E-state index contributed by atoms with van der Waals surface area (Å²) >= 11 is 0. The predicted molar refractivity (Wildman–Crippen MR) is 134 cm³/mol. The summed E-state index contributed by atoms with van der Waals surface area (Å²) < 4.78 is 7.00.